The fourth-order valence-electron chi connectivity index (χ4n) is 2.59. The van der Waals surface area contributed by atoms with Crippen molar-refractivity contribution in [2.45, 2.75) is 29.5 Å². The van der Waals surface area contributed by atoms with E-state index in [4.69, 9.17) is 0 Å². The highest BCUT2D eigenvalue weighted by Crippen LogP contribution is 2.34. The summed E-state index contributed by atoms with van der Waals surface area (Å²) in [5.74, 6) is 0. The van der Waals surface area contributed by atoms with Crippen molar-refractivity contribution in [1.29, 1.82) is 0 Å². The Kier molecular flexibility index (Phi) is 4.09. The van der Waals surface area contributed by atoms with E-state index in [9.17, 15) is 0 Å². The average molecular weight is 269 g/mol. The molecule has 0 aliphatic carbocycles. The normalized spacial score (nSPS) is 19.4. The van der Waals surface area contributed by atoms with Crippen LogP contribution in [0.5, 0.6) is 0 Å². The van der Waals surface area contributed by atoms with Crippen LogP contribution in [0.1, 0.15) is 19.3 Å². The van der Waals surface area contributed by atoms with E-state index < -0.39 is 0 Å². The van der Waals surface area contributed by atoms with Crippen LogP contribution in [0.15, 0.2) is 65.6 Å². The summed E-state index contributed by atoms with van der Waals surface area (Å²) in [5, 5.41) is 0.568. The summed E-state index contributed by atoms with van der Waals surface area (Å²) in [6, 6.07) is 21.6. The Morgan fingerprint density at radius 1 is 0.842 bits per heavy atom. The number of hydrogen-bond acceptors (Lipinski definition) is 2. The molecule has 1 nitrogen and oxygen atoms in total. The van der Waals surface area contributed by atoms with Crippen LogP contribution >= 0.6 is 11.8 Å². The lowest BCUT2D eigenvalue weighted by Gasteiger charge is -2.37. The van der Waals surface area contributed by atoms with Crippen molar-refractivity contribution in [2.24, 2.45) is 0 Å². The highest BCUT2D eigenvalue weighted by atomic mass is 32.2. The standard InChI is InChI=1S/C17H19NS/c1-3-9-15(10-4-1)18-14-8-7-13-17(18)19-16-11-5-2-6-12-16/h1-6,9-12,17H,7-8,13-14H2. The number of hydrogen-bond donors (Lipinski definition) is 0. The van der Waals surface area contributed by atoms with E-state index in [-0.39, 0.29) is 0 Å². The molecule has 0 saturated carbocycles. The molecule has 0 radical (unpaired) electrons. The summed E-state index contributed by atoms with van der Waals surface area (Å²) >= 11 is 1.99. The summed E-state index contributed by atoms with van der Waals surface area (Å²) in [7, 11) is 0. The van der Waals surface area contributed by atoms with Crippen LogP contribution in [0.2, 0.25) is 0 Å². The zero-order valence-electron chi connectivity index (χ0n) is 11.0. The van der Waals surface area contributed by atoms with Crippen LogP contribution in [0.3, 0.4) is 0 Å². The monoisotopic (exact) mass is 269 g/mol. The molecule has 98 valence electrons. The quantitative estimate of drug-likeness (QED) is 0.787. The maximum Gasteiger partial charge on any atom is 0.0796 e. The van der Waals surface area contributed by atoms with Gasteiger partial charge in [0.2, 0.25) is 0 Å². The van der Waals surface area contributed by atoms with Gasteiger partial charge < -0.3 is 4.90 Å². The maximum absolute atomic E-state index is 2.56. The Hall–Kier alpha value is -1.41. The SMILES string of the molecule is c1ccc(SC2CCCCN2c2ccccc2)cc1. The molecule has 0 N–H and O–H groups in total. The molecule has 1 saturated heterocycles. The molecule has 2 aromatic carbocycles. The second-order valence-corrected chi connectivity index (χ2v) is 6.16. The van der Waals surface area contributed by atoms with Crippen LogP contribution in [-0.2, 0) is 0 Å². The molecule has 1 unspecified atom stereocenters. The van der Waals surface area contributed by atoms with Gasteiger partial charge >= 0.3 is 0 Å². The van der Waals surface area contributed by atoms with Gasteiger partial charge in [0, 0.05) is 17.1 Å². The van der Waals surface area contributed by atoms with Gasteiger partial charge in [0.05, 0.1) is 5.37 Å². The molecule has 0 spiro atoms. The molecule has 3 rings (SSSR count). The Bertz CT molecular complexity index is 497. The number of thioether (sulfide) groups is 1. The number of para-hydroxylation sites is 1. The van der Waals surface area contributed by atoms with Gasteiger partial charge in [-0.2, -0.15) is 0 Å². The van der Waals surface area contributed by atoms with E-state index in [0.717, 1.165) is 0 Å². The lowest BCUT2D eigenvalue weighted by atomic mass is 10.1. The van der Waals surface area contributed by atoms with E-state index in [0.29, 0.717) is 5.37 Å². The molecule has 1 atom stereocenters. The Balaban J connectivity index is 1.78. The molecule has 2 heteroatoms. The minimum absolute atomic E-state index is 0.568. The third-order valence-electron chi connectivity index (χ3n) is 3.55. The van der Waals surface area contributed by atoms with Crippen molar-refractivity contribution >= 4 is 17.4 Å². The van der Waals surface area contributed by atoms with E-state index in [1.54, 1.807) is 0 Å². The summed E-state index contributed by atoms with van der Waals surface area (Å²) in [6.07, 6.45) is 3.92. The van der Waals surface area contributed by atoms with Crippen molar-refractivity contribution in [1.82, 2.24) is 0 Å². The summed E-state index contributed by atoms with van der Waals surface area (Å²) in [6.45, 7) is 1.18. The van der Waals surface area contributed by atoms with Gasteiger partial charge in [0.15, 0.2) is 0 Å². The van der Waals surface area contributed by atoms with Crippen LogP contribution in [0.4, 0.5) is 5.69 Å². The predicted octanol–water partition coefficient (Wildman–Crippen LogP) is 4.80. The van der Waals surface area contributed by atoms with Crippen LogP contribution in [0, 0.1) is 0 Å². The topological polar surface area (TPSA) is 3.24 Å². The van der Waals surface area contributed by atoms with Crippen LogP contribution in [-0.4, -0.2) is 11.9 Å². The number of rotatable bonds is 3. The first-order valence-corrected chi connectivity index (χ1v) is 7.85. The van der Waals surface area contributed by atoms with Gasteiger partial charge in [-0.25, -0.2) is 0 Å². The van der Waals surface area contributed by atoms with Crippen molar-refractivity contribution < 1.29 is 0 Å². The van der Waals surface area contributed by atoms with Gasteiger partial charge in [-0.1, -0.05) is 36.4 Å². The Morgan fingerprint density at radius 2 is 1.53 bits per heavy atom. The number of anilines is 1. The molecule has 0 amide bonds. The van der Waals surface area contributed by atoms with Gasteiger partial charge in [0.25, 0.3) is 0 Å². The first-order valence-electron chi connectivity index (χ1n) is 6.97. The van der Waals surface area contributed by atoms with Crippen molar-refractivity contribution in [3.05, 3.63) is 60.7 Å². The molecular formula is C17H19NS. The van der Waals surface area contributed by atoms with E-state index >= 15 is 0 Å². The van der Waals surface area contributed by atoms with E-state index in [2.05, 4.69) is 65.6 Å². The largest absolute Gasteiger partial charge is 0.359 e. The highest BCUT2D eigenvalue weighted by molar-refractivity contribution is 8.00. The van der Waals surface area contributed by atoms with Crippen LogP contribution in [0.25, 0.3) is 0 Å². The molecule has 1 fully saturated rings. The summed E-state index contributed by atoms with van der Waals surface area (Å²) in [4.78, 5) is 3.93. The Morgan fingerprint density at radius 3 is 2.26 bits per heavy atom. The third kappa shape index (κ3) is 3.13. The summed E-state index contributed by atoms with van der Waals surface area (Å²) < 4.78 is 0. The molecule has 0 aromatic heterocycles. The number of nitrogens with zero attached hydrogens (tertiary/aromatic N) is 1. The molecule has 1 heterocycles. The van der Waals surface area contributed by atoms with E-state index in [1.165, 1.54) is 36.4 Å². The zero-order valence-corrected chi connectivity index (χ0v) is 11.9. The zero-order chi connectivity index (χ0) is 12.9. The second-order valence-electron chi connectivity index (χ2n) is 4.91. The molecule has 1 aliphatic heterocycles. The highest BCUT2D eigenvalue weighted by Gasteiger charge is 2.23. The Labute approximate surface area is 119 Å². The second kappa shape index (κ2) is 6.16. The maximum atomic E-state index is 2.56. The van der Waals surface area contributed by atoms with Crippen molar-refractivity contribution in [3.63, 3.8) is 0 Å². The molecule has 0 bridgehead atoms. The molecule has 2 aromatic rings. The third-order valence-corrected chi connectivity index (χ3v) is 4.86. The number of benzene rings is 2. The lowest BCUT2D eigenvalue weighted by molar-refractivity contribution is 0.551. The minimum atomic E-state index is 0.568. The molecular weight excluding hydrogens is 250 g/mol. The first-order chi connectivity index (χ1) is 9.43. The smallest absolute Gasteiger partial charge is 0.0796 e. The van der Waals surface area contributed by atoms with Gasteiger partial charge in [-0.15, -0.1) is 11.8 Å². The minimum Gasteiger partial charge on any atom is -0.359 e. The van der Waals surface area contributed by atoms with Crippen molar-refractivity contribution in [2.75, 3.05) is 11.4 Å². The fourth-order valence-corrected chi connectivity index (χ4v) is 3.86. The number of piperidine rings is 1. The molecule has 19 heavy (non-hydrogen) atoms. The first kappa shape index (κ1) is 12.6. The summed E-state index contributed by atoms with van der Waals surface area (Å²) in [5.41, 5.74) is 1.36. The molecule has 1 aliphatic rings. The predicted molar refractivity (Wildman–Crippen MR) is 83.7 cm³/mol. The van der Waals surface area contributed by atoms with Gasteiger partial charge in [-0.3, -0.25) is 0 Å². The van der Waals surface area contributed by atoms with Gasteiger partial charge in [-0.05, 0) is 43.5 Å². The van der Waals surface area contributed by atoms with Crippen molar-refractivity contribution in [3.8, 4) is 0 Å². The van der Waals surface area contributed by atoms with E-state index in [1.807, 2.05) is 11.8 Å². The fraction of sp³-hybridized carbons (Fsp3) is 0.294. The van der Waals surface area contributed by atoms with Gasteiger partial charge in [0.1, 0.15) is 0 Å². The van der Waals surface area contributed by atoms with Crippen LogP contribution < -0.4 is 4.90 Å². The lowest BCUT2D eigenvalue weighted by Crippen LogP contribution is -2.37. The average Bonchev–Trinajstić information content (AvgIpc) is 2.50.